The van der Waals surface area contributed by atoms with Crippen LogP contribution >= 0.6 is 0 Å². The van der Waals surface area contributed by atoms with Crippen molar-refractivity contribution in [2.24, 2.45) is 0 Å². The van der Waals surface area contributed by atoms with E-state index >= 15 is 0 Å². The number of hydrogen-bond donors (Lipinski definition) is 3. The van der Waals surface area contributed by atoms with E-state index in [-0.39, 0.29) is 23.9 Å². The van der Waals surface area contributed by atoms with Gasteiger partial charge in [0.15, 0.2) is 0 Å². The first kappa shape index (κ1) is 15.6. The average molecular weight is 310 g/mol. The monoisotopic (exact) mass is 311 g/mol. The van der Waals surface area contributed by atoms with Crippen LogP contribution in [0.2, 0.25) is 0 Å². The zero-order valence-corrected chi connectivity index (χ0v) is 9.99. The fourth-order valence-electron chi connectivity index (χ4n) is 0.742. The molecule has 0 aromatic carbocycles. The van der Waals surface area contributed by atoms with Gasteiger partial charge in [0.05, 0.1) is 19.6 Å². The van der Waals surface area contributed by atoms with Crippen LogP contribution in [0.4, 0.5) is 0 Å². The molecule has 0 amide bonds. The molecule has 0 aromatic rings. The summed E-state index contributed by atoms with van der Waals surface area (Å²) in [5, 5.41) is 24.8. The third-order valence-corrected chi connectivity index (χ3v) is 1.08. The molecule has 0 aliphatic carbocycles. The molecule has 0 rings (SSSR count). The Kier molecular flexibility index (Phi) is 8.44. The van der Waals surface area contributed by atoms with Gasteiger partial charge in [-0.2, -0.15) is 0 Å². The van der Waals surface area contributed by atoms with Crippen LogP contribution in [0.1, 0.15) is 0 Å². The Morgan fingerprint density at radius 3 is 1.14 bits per heavy atom. The van der Waals surface area contributed by atoms with Crippen molar-refractivity contribution in [2.75, 3.05) is 19.6 Å². The molecule has 0 spiro atoms. The number of carbonyl (C=O) groups is 3. The molecular formula is C6H9NO6Sn+2. The second-order valence-electron chi connectivity index (χ2n) is 2.33. The largest absolute Gasteiger partial charge is 2.00 e. The molecule has 14 heavy (non-hydrogen) atoms. The molecule has 0 saturated heterocycles. The van der Waals surface area contributed by atoms with Crippen molar-refractivity contribution in [2.45, 2.75) is 0 Å². The summed E-state index contributed by atoms with van der Waals surface area (Å²) < 4.78 is 0. The first-order chi connectivity index (χ1) is 5.91. The van der Waals surface area contributed by atoms with Crippen LogP contribution in [0, 0.1) is 0 Å². The summed E-state index contributed by atoms with van der Waals surface area (Å²) in [6.45, 7) is -1.80. The summed E-state index contributed by atoms with van der Waals surface area (Å²) >= 11 is 0. The molecule has 0 unspecified atom stereocenters. The summed E-state index contributed by atoms with van der Waals surface area (Å²) in [5.41, 5.74) is 0. The summed E-state index contributed by atoms with van der Waals surface area (Å²) in [7, 11) is 0. The third-order valence-electron chi connectivity index (χ3n) is 1.08. The predicted octanol–water partition coefficient (Wildman–Crippen LogP) is -1.84. The van der Waals surface area contributed by atoms with Gasteiger partial charge in [-0.05, 0) is 0 Å². The Labute approximate surface area is 96.3 Å². The van der Waals surface area contributed by atoms with Gasteiger partial charge < -0.3 is 15.3 Å². The van der Waals surface area contributed by atoms with E-state index in [9.17, 15) is 14.4 Å². The van der Waals surface area contributed by atoms with Crippen LogP contribution in [-0.2, 0) is 14.4 Å². The number of nitrogens with zero attached hydrogens (tertiary/aromatic N) is 1. The summed E-state index contributed by atoms with van der Waals surface area (Å²) in [6.07, 6.45) is 0. The maximum absolute atomic E-state index is 10.1. The zero-order chi connectivity index (χ0) is 10.4. The number of rotatable bonds is 6. The van der Waals surface area contributed by atoms with Gasteiger partial charge in [0.25, 0.3) is 0 Å². The van der Waals surface area contributed by atoms with E-state index in [1.165, 1.54) is 0 Å². The zero-order valence-electron chi connectivity index (χ0n) is 7.13. The van der Waals surface area contributed by atoms with E-state index in [1.807, 2.05) is 0 Å². The molecule has 7 nitrogen and oxygen atoms in total. The second-order valence-corrected chi connectivity index (χ2v) is 2.33. The molecule has 0 saturated carbocycles. The molecule has 0 aromatic heterocycles. The number of carboxylic acids is 3. The Balaban J connectivity index is 0. The number of aliphatic carboxylic acids is 3. The van der Waals surface area contributed by atoms with Crippen molar-refractivity contribution in [1.29, 1.82) is 0 Å². The summed E-state index contributed by atoms with van der Waals surface area (Å²) in [5.74, 6) is -3.78. The fourth-order valence-corrected chi connectivity index (χ4v) is 0.742. The van der Waals surface area contributed by atoms with Crippen LogP contribution < -0.4 is 0 Å². The maximum Gasteiger partial charge on any atom is 2.00 e. The normalized spacial score (nSPS) is 9.21. The van der Waals surface area contributed by atoms with Crippen LogP contribution in [0.3, 0.4) is 0 Å². The van der Waals surface area contributed by atoms with Gasteiger partial charge in [0.2, 0.25) is 0 Å². The fraction of sp³-hybridized carbons (Fsp3) is 0.500. The van der Waals surface area contributed by atoms with E-state index in [0.717, 1.165) is 4.90 Å². The smallest absolute Gasteiger partial charge is 0.480 e. The number of carboxylic acid groups (broad SMARTS) is 3. The Hall–Kier alpha value is -0.831. The SMILES string of the molecule is O=C(O)CN(CC(=O)O)CC(=O)O.[Sn+2]. The van der Waals surface area contributed by atoms with E-state index in [4.69, 9.17) is 15.3 Å². The van der Waals surface area contributed by atoms with E-state index in [1.54, 1.807) is 0 Å². The van der Waals surface area contributed by atoms with Crippen molar-refractivity contribution in [1.82, 2.24) is 4.90 Å². The molecule has 0 fully saturated rings. The van der Waals surface area contributed by atoms with Crippen molar-refractivity contribution in [3.63, 3.8) is 0 Å². The Morgan fingerprint density at radius 1 is 0.786 bits per heavy atom. The summed E-state index contributed by atoms with van der Waals surface area (Å²) in [4.78, 5) is 31.2. The van der Waals surface area contributed by atoms with Crippen LogP contribution in [0.15, 0.2) is 0 Å². The first-order valence-corrected chi connectivity index (χ1v) is 3.29. The van der Waals surface area contributed by atoms with Crippen LogP contribution in [0.5, 0.6) is 0 Å². The van der Waals surface area contributed by atoms with Crippen molar-refractivity contribution in [3.05, 3.63) is 0 Å². The Morgan fingerprint density at radius 2 is 1.00 bits per heavy atom. The maximum atomic E-state index is 10.1. The minimum atomic E-state index is -1.26. The quantitative estimate of drug-likeness (QED) is 0.494. The van der Waals surface area contributed by atoms with Gasteiger partial charge in [-0.1, -0.05) is 0 Å². The molecule has 0 aliphatic rings. The number of hydrogen-bond acceptors (Lipinski definition) is 4. The molecule has 2 radical (unpaired) electrons. The van der Waals surface area contributed by atoms with Crippen molar-refractivity contribution in [3.8, 4) is 0 Å². The minimum absolute atomic E-state index is 0. The van der Waals surface area contributed by atoms with Gasteiger partial charge in [0.1, 0.15) is 0 Å². The third kappa shape index (κ3) is 9.26. The van der Waals surface area contributed by atoms with Gasteiger partial charge in [-0.25, -0.2) is 0 Å². The van der Waals surface area contributed by atoms with E-state index in [0.29, 0.717) is 0 Å². The molecule has 76 valence electrons. The van der Waals surface area contributed by atoms with Crippen LogP contribution in [-0.4, -0.2) is 81.7 Å². The van der Waals surface area contributed by atoms with Gasteiger partial charge >= 0.3 is 41.8 Å². The Bertz CT molecular complexity index is 192. The molecule has 3 N–H and O–H groups in total. The molecular weight excluding hydrogens is 301 g/mol. The van der Waals surface area contributed by atoms with Crippen molar-refractivity contribution < 1.29 is 29.7 Å². The standard InChI is InChI=1S/C6H9NO6.Sn/c8-4(9)1-7(2-5(10)11)3-6(12)13;/h1-3H2,(H,8,9)(H,10,11)(H,12,13);/q;+2. The molecule has 0 atom stereocenters. The molecule has 8 heteroatoms. The molecule has 0 aliphatic heterocycles. The van der Waals surface area contributed by atoms with Crippen LogP contribution in [0.25, 0.3) is 0 Å². The first-order valence-electron chi connectivity index (χ1n) is 3.29. The average Bonchev–Trinajstić information content (AvgIpc) is 1.80. The predicted molar refractivity (Wildman–Crippen MR) is 45.1 cm³/mol. The van der Waals surface area contributed by atoms with E-state index < -0.39 is 37.5 Å². The minimum Gasteiger partial charge on any atom is -0.480 e. The topological polar surface area (TPSA) is 115 Å². The van der Waals surface area contributed by atoms with E-state index in [2.05, 4.69) is 0 Å². The van der Waals surface area contributed by atoms with Gasteiger partial charge in [0, 0.05) is 0 Å². The molecule has 0 bridgehead atoms. The second kappa shape index (κ2) is 7.56. The molecule has 0 heterocycles. The summed E-state index contributed by atoms with van der Waals surface area (Å²) in [6, 6.07) is 0. The van der Waals surface area contributed by atoms with Crippen molar-refractivity contribution >= 4 is 41.8 Å². The van der Waals surface area contributed by atoms with Gasteiger partial charge in [-0.15, -0.1) is 0 Å². The van der Waals surface area contributed by atoms with Gasteiger partial charge in [-0.3, -0.25) is 19.3 Å².